The van der Waals surface area contributed by atoms with Crippen molar-refractivity contribution in [3.63, 3.8) is 0 Å². The number of rotatable bonds is 8. The van der Waals surface area contributed by atoms with Crippen LogP contribution in [0.25, 0.3) is 5.69 Å². The van der Waals surface area contributed by atoms with Crippen LogP contribution >= 0.6 is 11.8 Å². The summed E-state index contributed by atoms with van der Waals surface area (Å²) in [5.41, 5.74) is 2.59. The molecule has 2 heterocycles. The number of amidine groups is 1. The maximum Gasteiger partial charge on any atom is 0.407 e. The minimum atomic E-state index is -0.677. The molecule has 1 aromatic heterocycles. The van der Waals surface area contributed by atoms with Crippen molar-refractivity contribution in [2.75, 3.05) is 19.9 Å². The van der Waals surface area contributed by atoms with Crippen molar-refractivity contribution in [2.24, 2.45) is 4.99 Å². The molecule has 0 fully saturated rings. The third kappa shape index (κ3) is 6.82. The van der Waals surface area contributed by atoms with E-state index in [1.165, 1.54) is 23.9 Å². The van der Waals surface area contributed by atoms with E-state index in [0.29, 0.717) is 22.9 Å². The first-order chi connectivity index (χ1) is 19.0. The topological polar surface area (TPSA) is 98.0 Å². The number of halogens is 1. The summed E-state index contributed by atoms with van der Waals surface area (Å²) in [6.07, 6.45) is 5.22. The highest BCUT2D eigenvalue weighted by molar-refractivity contribution is 8.13. The summed E-state index contributed by atoms with van der Waals surface area (Å²) >= 11 is 1.34. The Morgan fingerprint density at radius 2 is 1.93 bits per heavy atom. The zero-order valence-electron chi connectivity index (χ0n) is 23.5. The third-order valence-electron chi connectivity index (χ3n) is 6.25. The molecule has 0 bridgehead atoms. The van der Waals surface area contributed by atoms with E-state index >= 15 is 0 Å². The Hall–Kier alpha value is -3.86. The van der Waals surface area contributed by atoms with E-state index in [2.05, 4.69) is 10.3 Å². The number of methoxy groups -OCH3 is 1. The van der Waals surface area contributed by atoms with Gasteiger partial charge in [-0.2, -0.15) is 0 Å². The largest absolute Gasteiger partial charge is 0.495 e. The van der Waals surface area contributed by atoms with Crippen LogP contribution in [0.4, 0.5) is 9.18 Å². The van der Waals surface area contributed by atoms with Crippen LogP contribution in [0.5, 0.6) is 5.75 Å². The SMILES string of the molecule is COc1cc(CC2N=C(SC)N(C(CNC(=O)OC(C)(C)C)c3ccc(F)cc3)C2=O)ccc1-n1cnc(C)c1. The molecule has 1 N–H and O–H groups in total. The fourth-order valence-corrected chi connectivity index (χ4v) is 5.10. The highest BCUT2D eigenvalue weighted by atomic mass is 32.2. The zero-order valence-corrected chi connectivity index (χ0v) is 24.3. The molecule has 2 aromatic carbocycles. The normalized spacial score (nSPS) is 16.1. The van der Waals surface area contributed by atoms with Gasteiger partial charge in [0.2, 0.25) is 0 Å². The zero-order chi connectivity index (χ0) is 29.0. The van der Waals surface area contributed by atoms with E-state index < -0.39 is 29.6 Å². The lowest BCUT2D eigenvalue weighted by Crippen LogP contribution is -2.44. The molecule has 0 aliphatic carbocycles. The van der Waals surface area contributed by atoms with Gasteiger partial charge in [0.05, 0.1) is 30.9 Å². The standard InChI is InChI=1S/C29H34FN5O4S/c1-18-16-34(17-32-18)23-12-7-19(14-25(23)38-5)13-22-26(36)35(27(33-22)40-6)24(20-8-10-21(30)11-9-20)15-31-28(37)39-29(2,3)4/h7-12,14,16-17,22,24H,13,15H2,1-6H3,(H,31,37). The summed E-state index contributed by atoms with van der Waals surface area (Å²) in [7, 11) is 1.60. The van der Waals surface area contributed by atoms with E-state index in [1.54, 1.807) is 51.2 Å². The van der Waals surface area contributed by atoms with E-state index in [0.717, 1.165) is 16.9 Å². The molecule has 1 aliphatic heterocycles. The molecule has 2 atom stereocenters. The van der Waals surface area contributed by atoms with Crippen molar-refractivity contribution in [1.29, 1.82) is 0 Å². The summed E-state index contributed by atoms with van der Waals surface area (Å²) in [6.45, 7) is 7.29. The number of alkyl carbamates (subject to hydrolysis) is 1. The number of aromatic nitrogens is 2. The number of ether oxygens (including phenoxy) is 2. The summed E-state index contributed by atoms with van der Waals surface area (Å²) in [4.78, 5) is 36.9. The van der Waals surface area contributed by atoms with E-state index in [9.17, 15) is 14.0 Å². The Balaban J connectivity index is 1.58. The minimum Gasteiger partial charge on any atom is -0.495 e. The number of imidazole rings is 1. The van der Waals surface area contributed by atoms with E-state index in [-0.39, 0.29) is 12.5 Å². The molecule has 0 saturated carbocycles. The van der Waals surface area contributed by atoms with Crippen molar-refractivity contribution in [3.8, 4) is 11.4 Å². The molecule has 1 aliphatic rings. The van der Waals surface area contributed by atoms with Gasteiger partial charge in [-0.15, -0.1) is 0 Å². The predicted molar refractivity (Wildman–Crippen MR) is 154 cm³/mol. The number of hydrogen-bond acceptors (Lipinski definition) is 7. The molecular formula is C29H34FN5O4S. The van der Waals surface area contributed by atoms with Gasteiger partial charge in [0.1, 0.15) is 23.2 Å². The summed E-state index contributed by atoms with van der Waals surface area (Å²) < 4.78 is 26.6. The Morgan fingerprint density at radius 1 is 1.20 bits per heavy atom. The number of hydrogen-bond donors (Lipinski definition) is 1. The molecule has 2 unspecified atom stereocenters. The number of benzene rings is 2. The van der Waals surface area contributed by atoms with Crippen LogP contribution in [0.2, 0.25) is 0 Å². The Morgan fingerprint density at radius 3 is 2.52 bits per heavy atom. The van der Waals surface area contributed by atoms with Crippen LogP contribution in [-0.4, -0.2) is 63.2 Å². The first-order valence-corrected chi connectivity index (χ1v) is 14.1. The van der Waals surface area contributed by atoms with Crippen LogP contribution in [0.3, 0.4) is 0 Å². The van der Waals surface area contributed by atoms with Crippen LogP contribution in [0.1, 0.15) is 43.6 Å². The average molecular weight is 568 g/mol. The van der Waals surface area contributed by atoms with Gasteiger partial charge in [0.25, 0.3) is 5.91 Å². The van der Waals surface area contributed by atoms with Crippen molar-refractivity contribution in [2.45, 2.75) is 51.8 Å². The van der Waals surface area contributed by atoms with Gasteiger partial charge in [-0.1, -0.05) is 30.0 Å². The maximum atomic E-state index is 13.8. The van der Waals surface area contributed by atoms with Gasteiger partial charge in [0.15, 0.2) is 5.17 Å². The number of carbonyl (C=O) groups is 2. The molecule has 40 heavy (non-hydrogen) atoms. The van der Waals surface area contributed by atoms with Gasteiger partial charge in [0, 0.05) is 19.2 Å². The van der Waals surface area contributed by atoms with E-state index in [4.69, 9.17) is 14.5 Å². The van der Waals surface area contributed by atoms with Crippen molar-refractivity contribution in [3.05, 3.63) is 77.6 Å². The minimum absolute atomic E-state index is 0.0609. The Labute approximate surface area is 237 Å². The second-order valence-electron chi connectivity index (χ2n) is 10.4. The maximum absolute atomic E-state index is 13.8. The lowest BCUT2D eigenvalue weighted by Gasteiger charge is -2.30. The second-order valence-corrected chi connectivity index (χ2v) is 11.2. The van der Waals surface area contributed by atoms with E-state index in [1.807, 2.05) is 42.1 Å². The fourth-order valence-electron chi connectivity index (χ4n) is 4.45. The molecule has 2 amide bonds. The van der Waals surface area contributed by atoms with Crippen LogP contribution < -0.4 is 10.1 Å². The van der Waals surface area contributed by atoms with Crippen molar-refractivity contribution < 1.29 is 23.5 Å². The van der Waals surface area contributed by atoms with Crippen LogP contribution in [-0.2, 0) is 16.0 Å². The average Bonchev–Trinajstić information content (AvgIpc) is 3.47. The molecular weight excluding hydrogens is 533 g/mol. The Kier molecular flexibility index (Phi) is 8.82. The first-order valence-electron chi connectivity index (χ1n) is 12.8. The number of nitrogens with one attached hydrogen (secondary N) is 1. The number of nitrogens with zero attached hydrogens (tertiary/aromatic N) is 4. The van der Waals surface area contributed by atoms with Gasteiger partial charge in [-0.05, 0) is 69.3 Å². The van der Waals surface area contributed by atoms with Gasteiger partial charge < -0.3 is 19.4 Å². The van der Waals surface area contributed by atoms with Crippen molar-refractivity contribution >= 4 is 28.9 Å². The number of aliphatic imine (C=N–C) groups is 1. The molecule has 9 nitrogen and oxygen atoms in total. The van der Waals surface area contributed by atoms with Crippen molar-refractivity contribution in [1.82, 2.24) is 19.8 Å². The lowest BCUT2D eigenvalue weighted by atomic mass is 10.0. The number of aryl methyl sites for hydroxylation is 1. The van der Waals surface area contributed by atoms with Gasteiger partial charge in [-0.3, -0.25) is 9.69 Å². The summed E-state index contributed by atoms with van der Waals surface area (Å²) in [6, 6.07) is 10.4. The van der Waals surface area contributed by atoms with Gasteiger partial charge in [-0.25, -0.2) is 19.2 Å². The first kappa shape index (κ1) is 29.1. The van der Waals surface area contributed by atoms with Crippen LogP contribution in [0, 0.1) is 12.7 Å². The molecule has 212 valence electrons. The summed E-state index contributed by atoms with van der Waals surface area (Å²) in [5.74, 6) is 0.0465. The predicted octanol–water partition coefficient (Wildman–Crippen LogP) is 5.07. The quantitative estimate of drug-likeness (QED) is 0.408. The van der Waals surface area contributed by atoms with Gasteiger partial charge >= 0.3 is 6.09 Å². The third-order valence-corrected chi connectivity index (χ3v) is 6.91. The fraction of sp³-hybridized carbons (Fsp3) is 0.379. The molecule has 0 spiro atoms. The lowest BCUT2D eigenvalue weighted by molar-refractivity contribution is -0.128. The Bertz CT molecular complexity index is 1400. The summed E-state index contributed by atoms with van der Waals surface area (Å²) in [5, 5.41) is 3.28. The number of carbonyl (C=O) groups excluding carboxylic acids is 2. The second kappa shape index (κ2) is 12.1. The van der Waals surface area contributed by atoms with Crippen LogP contribution in [0.15, 0.2) is 60.0 Å². The molecule has 0 radical (unpaired) electrons. The highest BCUT2D eigenvalue weighted by Gasteiger charge is 2.39. The smallest absolute Gasteiger partial charge is 0.407 e. The molecule has 3 aromatic rings. The highest BCUT2D eigenvalue weighted by Crippen LogP contribution is 2.32. The molecule has 11 heteroatoms. The monoisotopic (exact) mass is 567 g/mol. The molecule has 4 rings (SSSR count). The number of thioether (sulfide) groups is 1. The molecule has 0 saturated heterocycles. The number of amides is 2.